The lowest BCUT2D eigenvalue weighted by molar-refractivity contribution is -0.119. The molecule has 3 amide bonds. The van der Waals surface area contributed by atoms with Gasteiger partial charge >= 0.3 is 6.03 Å². The molecule has 84 valence electrons. The number of nitrogens with one attached hydrogen (secondary N) is 1. The van der Waals surface area contributed by atoms with Gasteiger partial charge in [-0.25, -0.2) is 4.79 Å². The Morgan fingerprint density at radius 3 is 2.60 bits per heavy atom. The average Bonchev–Trinajstić information content (AvgIpc) is 2.17. The normalized spacial score (nSPS) is 11.3. The SMILES string of the molecule is C#CCN(CCC)C(=O)NC(=O)C(C)Cl. The second-order valence-corrected chi connectivity index (χ2v) is 3.69. The number of hydrogen-bond acceptors (Lipinski definition) is 2. The third-order valence-electron chi connectivity index (χ3n) is 1.65. The number of imide groups is 1. The highest BCUT2D eigenvalue weighted by molar-refractivity contribution is 6.31. The third kappa shape index (κ3) is 5.28. The highest BCUT2D eigenvalue weighted by Gasteiger charge is 2.17. The topological polar surface area (TPSA) is 49.4 Å². The Balaban J connectivity index is 4.26. The first-order valence-electron chi connectivity index (χ1n) is 4.70. The monoisotopic (exact) mass is 230 g/mol. The molecule has 0 rings (SSSR count). The number of amides is 3. The number of alkyl halides is 1. The Hall–Kier alpha value is -1.21. The Kier molecular flexibility index (Phi) is 6.56. The molecule has 0 aliphatic rings. The van der Waals surface area contributed by atoms with E-state index in [1.165, 1.54) is 11.8 Å². The van der Waals surface area contributed by atoms with E-state index in [1.54, 1.807) is 0 Å². The highest BCUT2D eigenvalue weighted by atomic mass is 35.5. The summed E-state index contributed by atoms with van der Waals surface area (Å²) in [6.07, 6.45) is 5.88. The van der Waals surface area contributed by atoms with Crippen molar-refractivity contribution in [2.45, 2.75) is 25.6 Å². The first kappa shape index (κ1) is 13.8. The number of rotatable bonds is 4. The van der Waals surface area contributed by atoms with Crippen LogP contribution in [0, 0.1) is 12.3 Å². The quantitative estimate of drug-likeness (QED) is 0.583. The van der Waals surface area contributed by atoms with E-state index < -0.39 is 17.3 Å². The number of carbonyl (C=O) groups is 2. The van der Waals surface area contributed by atoms with Crippen molar-refractivity contribution in [3.05, 3.63) is 0 Å². The summed E-state index contributed by atoms with van der Waals surface area (Å²) in [6.45, 7) is 4.11. The van der Waals surface area contributed by atoms with Crippen molar-refractivity contribution < 1.29 is 9.59 Å². The smallest absolute Gasteiger partial charge is 0.313 e. The molecule has 15 heavy (non-hydrogen) atoms. The molecule has 0 aliphatic carbocycles. The van der Waals surface area contributed by atoms with Crippen molar-refractivity contribution in [3.8, 4) is 12.3 Å². The Morgan fingerprint density at radius 2 is 2.20 bits per heavy atom. The number of carbonyl (C=O) groups excluding carboxylic acids is 2. The summed E-state index contributed by atoms with van der Waals surface area (Å²) >= 11 is 5.51. The molecule has 0 saturated carbocycles. The number of halogens is 1. The molecule has 0 bridgehead atoms. The van der Waals surface area contributed by atoms with Gasteiger partial charge in [0, 0.05) is 6.54 Å². The molecule has 0 aromatic rings. The van der Waals surface area contributed by atoms with Gasteiger partial charge in [0.05, 0.1) is 6.54 Å². The fraction of sp³-hybridized carbons (Fsp3) is 0.600. The van der Waals surface area contributed by atoms with Crippen molar-refractivity contribution in [3.63, 3.8) is 0 Å². The van der Waals surface area contributed by atoms with Crippen molar-refractivity contribution in [2.75, 3.05) is 13.1 Å². The molecular formula is C10H15ClN2O2. The van der Waals surface area contributed by atoms with E-state index in [0.29, 0.717) is 6.54 Å². The van der Waals surface area contributed by atoms with Crippen LogP contribution in [0.5, 0.6) is 0 Å². The zero-order chi connectivity index (χ0) is 11.8. The Morgan fingerprint density at radius 1 is 1.60 bits per heavy atom. The molecule has 0 spiro atoms. The maximum atomic E-state index is 11.5. The molecule has 4 nitrogen and oxygen atoms in total. The van der Waals surface area contributed by atoms with Crippen LogP contribution in [0.2, 0.25) is 0 Å². The van der Waals surface area contributed by atoms with Gasteiger partial charge in [0.2, 0.25) is 5.91 Å². The Bertz CT molecular complexity index is 271. The van der Waals surface area contributed by atoms with E-state index in [0.717, 1.165) is 6.42 Å². The van der Waals surface area contributed by atoms with Gasteiger partial charge < -0.3 is 4.90 Å². The van der Waals surface area contributed by atoms with Crippen molar-refractivity contribution in [1.82, 2.24) is 10.2 Å². The van der Waals surface area contributed by atoms with Gasteiger partial charge in [0.1, 0.15) is 5.38 Å². The summed E-state index contributed by atoms with van der Waals surface area (Å²) in [4.78, 5) is 24.0. The third-order valence-corrected chi connectivity index (χ3v) is 1.85. The predicted octanol–water partition coefficient (Wildman–Crippen LogP) is 1.20. The maximum Gasteiger partial charge on any atom is 0.324 e. The van der Waals surface area contributed by atoms with Gasteiger partial charge in [-0.2, -0.15) is 0 Å². The first-order valence-corrected chi connectivity index (χ1v) is 5.13. The molecular weight excluding hydrogens is 216 g/mol. The minimum Gasteiger partial charge on any atom is -0.313 e. The van der Waals surface area contributed by atoms with Crippen LogP contribution in [0.4, 0.5) is 4.79 Å². The second kappa shape index (κ2) is 7.13. The number of urea groups is 1. The molecule has 0 aromatic carbocycles. The van der Waals surface area contributed by atoms with E-state index in [1.807, 2.05) is 6.92 Å². The van der Waals surface area contributed by atoms with Gasteiger partial charge in [-0.15, -0.1) is 18.0 Å². The van der Waals surface area contributed by atoms with Crippen LogP contribution in [-0.2, 0) is 4.79 Å². The summed E-state index contributed by atoms with van der Waals surface area (Å²) in [7, 11) is 0. The Labute approximate surface area is 95.0 Å². The van der Waals surface area contributed by atoms with E-state index in [4.69, 9.17) is 18.0 Å². The molecule has 1 atom stereocenters. The lowest BCUT2D eigenvalue weighted by Crippen LogP contribution is -2.45. The summed E-state index contributed by atoms with van der Waals surface area (Å²) in [6, 6.07) is -0.493. The largest absolute Gasteiger partial charge is 0.324 e. The van der Waals surface area contributed by atoms with Crippen LogP contribution in [0.25, 0.3) is 0 Å². The highest BCUT2D eigenvalue weighted by Crippen LogP contribution is 1.96. The summed E-state index contributed by atoms with van der Waals surface area (Å²) < 4.78 is 0. The first-order chi connectivity index (χ1) is 7.02. The molecule has 1 unspecified atom stereocenters. The van der Waals surface area contributed by atoms with Gasteiger partial charge in [0.25, 0.3) is 0 Å². The lowest BCUT2D eigenvalue weighted by atomic mass is 10.4. The minimum absolute atomic E-state index is 0.184. The van der Waals surface area contributed by atoms with Crippen molar-refractivity contribution >= 4 is 23.5 Å². The standard InChI is InChI=1S/C10H15ClN2O2/c1-4-6-13(7-5-2)10(15)12-9(14)8(3)11/h1,8H,5-7H2,2-3H3,(H,12,14,15). The van der Waals surface area contributed by atoms with E-state index in [2.05, 4.69) is 11.2 Å². The summed E-state index contributed by atoms with van der Waals surface area (Å²) in [5.41, 5.74) is 0. The summed E-state index contributed by atoms with van der Waals surface area (Å²) in [5, 5.41) is 1.44. The summed E-state index contributed by atoms with van der Waals surface area (Å²) in [5.74, 6) is 1.84. The average molecular weight is 231 g/mol. The van der Waals surface area contributed by atoms with Crippen LogP contribution in [0.3, 0.4) is 0 Å². The van der Waals surface area contributed by atoms with Crippen LogP contribution in [0.15, 0.2) is 0 Å². The molecule has 1 N–H and O–H groups in total. The lowest BCUT2D eigenvalue weighted by Gasteiger charge is -2.19. The van der Waals surface area contributed by atoms with Gasteiger partial charge in [-0.05, 0) is 13.3 Å². The molecule has 0 aliphatic heterocycles. The molecule has 0 aromatic heterocycles. The minimum atomic E-state index is -0.733. The molecule has 0 heterocycles. The second-order valence-electron chi connectivity index (χ2n) is 3.04. The van der Waals surface area contributed by atoms with Crippen LogP contribution < -0.4 is 5.32 Å². The zero-order valence-electron chi connectivity index (χ0n) is 8.92. The van der Waals surface area contributed by atoms with Crippen LogP contribution in [0.1, 0.15) is 20.3 Å². The fourth-order valence-electron chi connectivity index (χ4n) is 0.916. The van der Waals surface area contributed by atoms with Crippen molar-refractivity contribution in [1.29, 1.82) is 0 Å². The van der Waals surface area contributed by atoms with Crippen molar-refractivity contribution in [2.24, 2.45) is 0 Å². The molecule has 0 saturated heterocycles. The molecule has 0 radical (unpaired) electrons. The van der Waals surface area contributed by atoms with Gasteiger partial charge in [0.15, 0.2) is 0 Å². The van der Waals surface area contributed by atoms with E-state index >= 15 is 0 Å². The zero-order valence-corrected chi connectivity index (χ0v) is 9.67. The van der Waals surface area contributed by atoms with Crippen LogP contribution >= 0.6 is 11.6 Å². The fourth-order valence-corrected chi connectivity index (χ4v) is 0.971. The number of nitrogens with zero attached hydrogens (tertiary/aromatic N) is 1. The number of hydrogen-bond donors (Lipinski definition) is 1. The molecule has 0 fully saturated rings. The maximum absolute atomic E-state index is 11.5. The van der Waals surface area contributed by atoms with Crippen LogP contribution in [-0.4, -0.2) is 35.3 Å². The number of terminal acetylenes is 1. The predicted molar refractivity (Wildman–Crippen MR) is 59.6 cm³/mol. The molecule has 5 heteroatoms. The van der Waals surface area contributed by atoms with Gasteiger partial charge in [-0.1, -0.05) is 12.8 Å². The van der Waals surface area contributed by atoms with E-state index in [9.17, 15) is 9.59 Å². The van der Waals surface area contributed by atoms with E-state index in [-0.39, 0.29) is 6.54 Å². The van der Waals surface area contributed by atoms with Gasteiger partial charge in [-0.3, -0.25) is 10.1 Å².